The van der Waals surface area contributed by atoms with Crippen LogP contribution in [-0.4, -0.2) is 5.16 Å². The van der Waals surface area contributed by atoms with Gasteiger partial charge in [0.1, 0.15) is 11.4 Å². The zero-order valence-electron chi connectivity index (χ0n) is 10.1. The van der Waals surface area contributed by atoms with Crippen LogP contribution < -0.4 is 27.5 Å². The maximum atomic E-state index is 11.7. The third kappa shape index (κ3) is 1.77. The highest BCUT2D eigenvalue weighted by Crippen LogP contribution is 2.24. The van der Waals surface area contributed by atoms with E-state index in [1.807, 2.05) is 16.8 Å². The van der Waals surface area contributed by atoms with Gasteiger partial charge in [0, 0.05) is 17.5 Å². The number of nitrogens with one attached hydrogen (secondary N) is 2. The van der Waals surface area contributed by atoms with Gasteiger partial charge in [-0.3, -0.25) is 14.4 Å². The molecule has 0 unspecified atom stereocenters. The van der Waals surface area contributed by atoms with E-state index in [1.54, 1.807) is 0 Å². The summed E-state index contributed by atoms with van der Waals surface area (Å²) in [6.07, 6.45) is 0. The number of thiophene rings is 1. The Kier molecular flexibility index (Phi) is 2.79. The monoisotopic (exact) mass is 291 g/mol. The second-order valence-electron chi connectivity index (χ2n) is 4.15. The van der Waals surface area contributed by atoms with Crippen LogP contribution in [-0.2, 0) is 6.54 Å². The van der Waals surface area contributed by atoms with E-state index >= 15 is 0 Å². The van der Waals surface area contributed by atoms with Gasteiger partial charge in [-0.1, -0.05) is 0 Å². The molecule has 1 aromatic carbocycles. The first-order valence-electron chi connectivity index (χ1n) is 5.65. The van der Waals surface area contributed by atoms with Crippen LogP contribution in [0.5, 0.6) is 0 Å². The van der Waals surface area contributed by atoms with Gasteiger partial charge in [-0.25, -0.2) is 0 Å². The largest absolute Gasteiger partial charge is 0.394 e. The average Bonchev–Trinajstić information content (AvgIpc) is 3.08. The van der Waals surface area contributed by atoms with E-state index in [1.165, 1.54) is 11.3 Å². The van der Waals surface area contributed by atoms with Crippen LogP contribution >= 0.6 is 11.3 Å². The second-order valence-corrected chi connectivity index (χ2v) is 4.93. The smallest absolute Gasteiger partial charge is 0.285 e. The first-order valence-corrected chi connectivity index (χ1v) is 6.59. The van der Waals surface area contributed by atoms with Gasteiger partial charge in [-0.05, 0) is 11.4 Å². The maximum absolute atomic E-state index is 11.7. The quantitative estimate of drug-likeness (QED) is 0.602. The molecular formula is C12H9N3O4S. The molecule has 0 aliphatic heterocycles. The topological polar surface area (TPSA) is 118 Å². The van der Waals surface area contributed by atoms with Crippen molar-refractivity contribution in [3.05, 3.63) is 53.2 Å². The molecule has 0 saturated carbocycles. The van der Waals surface area contributed by atoms with Crippen molar-refractivity contribution in [2.75, 3.05) is 11.1 Å². The molecule has 3 aromatic rings. The zero-order chi connectivity index (χ0) is 14.3. The number of aromatic nitrogens is 1. The van der Waals surface area contributed by atoms with E-state index in [0.29, 0.717) is 11.3 Å². The van der Waals surface area contributed by atoms with Gasteiger partial charge in [0.25, 0.3) is 16.4 Å². The predicted molar refractivity (Wildman–Crippen MR) is 75.7 cm³/mol. The fourth-order valence-electron chi connectivity index (χ4n) is 1.87. The number of nitrogen functional groups attached to an aromatic ring is 1. The summed E-state index contributed by atoms with van der Waals surface area (Å²) in [5.41, 5.74) is 4.70. The highest BCUT2D eigenvalue weighted by Gasteiger charge is 2.20. The number of nitrogens with two attached hydrogens (primary N) is 1. The third-order valence-corrected chi connectivity index (χ3v) is 3.65. The number of anilines is 2. The Labute approximate surface area is 115 Å². The molecule has 8 heteroatoms. The minimum absolute atomic E-state index is 0.0477. The van der Waals surface area contributed by atoms with Crippen molar-refractivity contribution in [3.63, 3.8) is 0 Å². The van der Waals surface area contributed by atoms with Gasteiger partial charge in [0.05, 0.1) is 5.56 Å². The fraction of sp³-hybridized carbons (Fsp3) is 0.0833. The van der Waals surface area contributed by atoms with Crippen LogP contribution in [0.4, 0.5) is 11.4 Å². The Morgan fingerprint density at radius 2 is 2.10 bits per heavy atom. The van der Waals surface area contributed by atoms with Gasteiger partial charge >= 0.3 is 0 Å². The summed E-state index contributed by atoms with van der Waals surface area (Å²) in [4.78, 5) is 34.0. The summed E-state index contributed by atoms with van der Waals surface area (Å²) in [6, 6.07) is 1.81. The van der Waals surface area contributed by atoms with Crippen LogP contribution in [0, 0.1) is 0 Å². The Morgan fingerprint density at radius 1 is 1.30 bits per heavy atom. The normalized spacial score (nSPS) is 11.0. The van der Waals surface area contributed by atoms with E-state index < -0.39 is 16.4 Å². The molecule has 0 radical (unpaired) electrons. The van der Waals surface area contributed by atoms with Crippen molar-refractivity contribution in [1.29, 1.82) is 0 Å². The highest BCUT2D eigenvalue weighted by atomic mass is 32.1. The number of aromatic amines is 1. The van der Waals surface area contributed by atoms with Crippen LogP contribution in [0.3, 0.4) is 0 Å². The van der Waals surface area contributed by atoms with Crippen molar-refractivity contribution in [2.45, 2.75) is 6.54 Å². The molecule has 2 aromatic heterocycles. The Bertz CT molecular complexity index is 881. The van der Waals surface area contributed by atoms with Crippen molar-refractivity contribution >= 4 is 22.7 Å². The van der Waals surface area contributed by atoms with E-state index in [4.69, 9.17) is 10.3 Å². The SMILES string of the molecule is Nc1c(NCc2c(-c3ccsc3)o[nH]c2=O)c(=O)c1=O. The van der Waals surface area contributed by atoms with Crippen molar-refractivity contribution < 1.29 is 4.52 Å². The molecule has 0 saturated heterocycles. The Hall–Kier alpha value is -2.61. The molecule has 0 bridgehead atoms. The van der Waals surface area contributed by atoms with Gasteiger partial charge in [-0.2, -0.15) is 16.5 Å². The summed E-state index contributed by atoms with van der Waals surface area (Å²) in [6.45, 7) is 0.0477. The van der Waals surface area contributed by atoms with Crippen molar-refractivity contribution in [2.24, 2.45) is 0 Å². The van der Waals surface area contributed by atoms with E-state index in [9.17, 15) is 14.4 Å². The molecule has 0 atom stereocenters. The number of rotatable bonds is 4. The molecule has 2 heterocycles. The van der Waals surface area contributed by atoms with Gasteiger partial charge in [-0.15, -0.1) is 0 Å². The number of hydrogen-bond acceptors (Lipinski definition) is 7. The minimum Gasteiger partial charge on any atom is -0.394 e. The molecule has 4 N–H and O–H groups in total. The lowest BCUT2D eigenvalue weighted by atomic mass is 10.1. The zero-order valence-corrected chi connectivity index (χ0v) is 10.9. The van der Waals surface area contributed by atoms with Crippen LogP contribution in [0.1, 0.15) is 5.56 Å². The first-order chi connectivity index (χ1) is 9.59. The van der Waals surface area contributed by atoms with E-state index in [0.717, 1.165) is 5.56 Å². The maximum Gasteiger partial charge on any atom is 0.285 e. The minimum atomic E-state index is -0.702. The molecular weight excluding hydrogens is 282 g/mol. The lowest BCUT2D eigenvalue weighted by Crippen LogP contribution is -2.37. The molecule has 7 nitrogen and oxygen atoms in total. The van der Waals surface area contributed by atoms with Crippen LogP contribution in [0.2, 0.25) is 0 Å². The Balaban J connectivity index is 1.89. The van der Waals surface area contributed by atoms with Gasteiger partial charge < -0.3 is 15.6 Å². The second kappa shape index (κ2) is 4.49. The van der Waals surface area contributed by atoms with E-state index in [2.05, 4.69) is 10.5 Å². The molecule has 0 aliphatic carbocycles. The van der Waals surface area contributed by atoms with Crippen molar-refractivity contribution in [1.82, 2.24) is 5.16 Å². The van der Waals surface area contributed by atoms with E-state index in [-0.39, 0.29) is 17.9 Å². The number of H-pyrrole nitrogens is 1. The highest BCUT2D eigenvalue weighted by molar-refractivity contribution is 7.08. The molecule has 0 fully saturated rings. The molecule has 0 aliphatic rings. The summed E-state index contributed by atoms with van der Waals surface area (Å²) < 4.78 is 5.13. The predicted octanol–water partition coefficient (Wildman–Crippen LogP) is 0.487. The lowest BCUT2D eigenvalue weighted by molar-refractivity contribution is 0.425. The summed E-state index contributed by atoms with van der Waals surface area (Å²) in [5.74, 6) is 0.404. The molecule has 20 heavy (non-hydrogen) atoms. The fourth-order valence-corrected chi connectivity index (χ4v) is 2.51. The third-order valence-electron chi connectivity index (χ3n) is 2.97. The molecule has 3 rings (SSSR count). The van der Waals surface area contributed by atoms with Crippen molar-refractivity contribution in [3.8, 4) is 11.3 Å². The lowest BCUT2D eigenvalue weighted by Gasteiger charge is -2.08. The molecule has 0 amide bonds. The average molecular weight is 291 g/mol. The summed E-state index contributed by atoms with van der Waals surface area (Å²) >= 11 is 1.47. The summed E-state index contributed by atoms with van der Waals surface area (Å²) in [5, 5.41) is 8.64. The first kappa shape index (κ1) is 12.4. The molecule has 102 valence electrons. The summed E-state index contributed by atoms with van der Waals surface area (Å²) in [7, 11) is 0. The standard InChI is InChI=1S/C12H9N3O4S/c13-7-8(10(17)9(7)16)14-3-6-11(19-15-12(6)18)5-1-2-20-4-5/h1-2,4,14H,3,13H2,(H,15,18). The van der Waals surface area contributed by atoms with Crippen LogP contribution in [0.25, 0.3) is 11.3 Å². The van der Waals surface area contributed by atoms with Gasteiger partial charge in [0.15, 0.2) is 5.76 Å². The Morgan fingerprint density at radius 3 is 2.75 bits per heavy atom. The van der Waals surface area contributed by atoms with Gasteiger partial charge in [0.2, 0.25) is 0 Å². The van der Waals surface area contributed by atoms with Crippen LogP contribution in [0.15, 0.2) is 35.7 Å². The number of hydrogen-bond donors (Lipinski definition) is 3. The molecule has 0 spiro atoms.